The molecule has 0 radical (unpaired) electrons. The molecule has 3 rings (SSSR count). The summed E-state index contributed by atoms with van der Waals surface area (Å²) in [4.78, 5) is 23.8. The molecule has 0 fully saturated rings. The molecule has 1 aliphatic rings. The second kappa shape index (κ2) is 6.33. The van der Waals surface area contributed by atoms with Crippen LogP contribution in [0.1, 0.15) is 34.5 Å². The zero-order chi connectivity index (χ0) is 17.3. The lowest BCUT2D eigenvalue weighted by Gasteiger charge is -2.41. The molecule has 0 spiro atoms. The molecule has 1 heterocycles. The summed E-state index contributed by atoms with van der Waals surface area (Å²) in [5.41, 5.74) is 11.9. The van der Waals surface area contributed by atoms with E-state index in [4.69, 9.17) is 5.73 Å². The lowest BCUT2D eigenvalue weighted by molar-refractivity contribution is -0.119. The number of carbonyl (C=O) groups excluding carboxylic acids is 2. The number of nitrogens with one attached hydrogen (secondary N) is 1. The van der Waals surface area contributed by atoms with Crippen molar-refractivity contribution in [1.29, 1.82) is 0 Å². The predicted molar refractivity (Wildman–Crippen MR) is 91.9 cm³/mol. The Bertz CT molecular complexity index is 790. The Morgan fingerprint density at radius 1 is 1.17 bits per heavy atom. The number of fused-ring (bicyclic) bond motifs is 1. The van der Waals surface area contributed by atoms with Gasteiger partial charge in [-0.3, -0.25) is 14.6 Å². The highest BCUT2D eigenvalue weighted by Crippen LogP contribution is 2.32. The minimum atomic E-state index is -0.571. The van der Waals surface area contributed by atoms with Gasteiger partial charge in [0.25, 0.3) is 5.91 Å². The lowest BCUT2D eigenvalue weighted by atomic mass is 10.0. The third-order valence-corrected chi connectivity index (χ3v) is 4.21. The first kappa shape index (κ1) is 16.0. The Balaban J connectivity index is 2.03. The van der Waals surface area contributed by atoms with E-state index in [1.165, 1.54) is 5.01 Å². The number of benzene rings is 2. The molecule has 6 nitrogen and oxygen atoms in total. The van der Waals surface area contributed by atoms with Crippen LogP contribution in [0.15, 0.2) is 48.5 Å². The number of aryl methyl sites for hydroxylation is 1. The maximum atomic E-state index is 12.6. The number of para-hydroxylation sites is 1. The van der Waals surface area contributed by atoms with Crippen molar-refractivity contribution < 1.29 is 9.59 Å². The van der Waals surface area contributed by atoms with Gasteiger partial charge in [-0.2, -0.15) is 0 Å². The van der Waals surface area contributed by atoms with Gasteiger partial charge in [0.2, 0.25) is 5.91 Å². The maximum absolute atomic E-state index is 12.6. The first-order valence-corrected chi connectivity index (χ1v) is 7.79. The monoisotopic (exact) mass is 324 g/mol. The number of nitrogens with two attached hydrogens (primary N) is 1. The normalized spacial score (nSPS) is 15.2. The molecule has 0 aliphatic carbocycles. The summed E-state index contributed by atoms with van der Waals surface area (Å²) >= 11 is 0. The molecule has 2 amide bonds. The van der Waals surface area contributed by atoms with Crippen LogP contribution in [0.5, 0.6) is 0 Å². The topological polar surface area (TPSA) is 78.7 Å². The highest BCUT2D eigenvalue weighted by atomic mass is 16.2. The molecule has 0 saturated carbocycles. The SMILES string of the molecule is Cc1ccccc1C(C)N1NN(CC(N)=O)C(=O)c2ccccc21. The second-order valence-corrected chi connectivity index (χ2v) is 5.88. The minimum Gasteiger partial charge on any atom is -0.368 e. The van der Waals surface area contributed by atoms with Crippen molar-refractivity contribution in [2.45, 2.75) is 19.9 Å². The zero-order valence-electron chi connectivity index (χ0n) is 13.7. The first-order valence-electron chi connectivity index (χ1n) is 7.79. The highest BCUT2D eigenvalue weighted by Gasteiger charge is 2.32. The van der Waals surface area contributed by atoms with Gasteiger partial charge < -0.3 is 5.73 Å². The molecule has 0 aromatic heterocycles. The minimum absolute atomic E-state index is 0.0455. The Kier molecular flexibility index (Phi) is 4.22. The van der Waals surface area contributed by atoms with E-state index in [2.05, 4.69) is 11.6 Å². The molecule has 2 aromatic rings. The summed E-state index contributed by atoms with van der Waals surface area (Å²) in [5.74, 6) is -0.837. The van der Waals surface area contributed by atoms with E-state index in [-0.39, 0.29) is 18.5 Å². The second-order valence-electron chi connectivity index (χ2n) is 5.88. The number of carbonyl (C=O) groups is 2. The van der Waals surface area contributed by atoms with E-state index in [9.17, 15) is 9.59 Å². The largest absolute Gasteiger partial charge is 0.368 e. The summed E-state index contributed by atoms with van der Waals surface area (Å²) in [6, 6.07) is 15.4. The maximum Gasteiger partial charge on any atom is 0.272 e. The molecular weight excluding hydrogens is 304 g/mol. The van der Waals surface area contributed by atoms with Gasteiger partial charge in [0.05, 0.1) is 17.3 Å². The van der Waals surface area contributed by atoms with Gasteiger partial charge in [-0.15, -0.1) is 5.53 Å². The van der Waals surface area contributed by atoms with E-state index in [0.717, 1.165) is 16.8 Å². The van der Waals surface area contributed by atoms with Gasteiger partial charge in [-0.05, 0) is 37.1 Å². The molecular formula is C18H20N4O2. The molecule has 2 aromatic carbocycles. The van der Waals surface area contributed by atoms with Crippen molar-refractivity contribution in [3.05, 3.63) is 65.2 Å². The molecule has 1 unspecified atom stereocenters. The average molecular weight is 324 g/mol. The van der Waals surface area contributed by atoms with Crippen LogP contribution in [-0.2, 0) is 4.79 Å². The van der Waals surface area contributed by atoms with E-state index < -0.39 is 5.91 Å². The third kappa shape index (κ3) is 2.83. The highest BCUT2D eigenvalue weighted by molar-refractivity contribution is 6.02. The fourth-order valence-corrected chi connectivity index (χ4v) is 2.99. The van der Waals surface area contributed by atoms with Crippen molar-refractivity contribution in [2.24, 2.45) is 5.73 Å². The number of hydrazine groups is 2. The molecule has 6 heteroatoms. The van der Waals surface area contributed by atoms with Crippen LogP contribution in [0.25, 0.3) is 0 Å². The number of anilines is 1. The molecule has 0 bridgehead atoms. The average Bonchev–Trinajstić information content (AvgIpc) is 2.57. The van der Waals surface area contributed by atoms with Crippen LogP contribution < -0.4 is 16.3 Å². The van der Waals surface area contributed by atoms with Crippen molar-refractivity contribution >= 4 is 17.5 Å². The fraction of sp³-hybridized carbons (Fsp3) is 0.222. The number of hydrogen-bond acceptors (Lipinski definition) is 4. The van der Waals surface area contributed by atoms with Crippen molar-refractivity contribution in [3.8, 4) is 0 Å². The quantitative estimate of drug-likeness (QED) is 0.901. The van der Waals surface area contributed by atoms with Crippen LogP contribution >= 0.6 is 0 Å². The fourth-order valence-electron chi connectivity index (χ4n) is 2.99. The van der Waals surface area contributed by atoms with Crippen LogP contribution in [0.3, 0.4) is 0 Å². The molecule has 1 atom stereocenters. The van der Waals surface area contributed by atoms with Crippen LogP contribution in [0.2, 0.25) is 0 Å². The lowest BCUT2D eigenvalue weighted by Crippen LogP contribution is -2.59. The summed E-state index contributed by atoms with van der Waals surface area (Å²) in [7, 11) is 0. The number of rotatable bonds is 4. The number of nitrogens with zero attached hydrogens (tertiary/aromatic N) is 2. The van der Waals surface area contributed by atoms with Gasteiger partial charge in [-0.25, -0.2) is 5.01 Å². The van der Waals surface area contributed by atoms with Gasteiger partial charge in [-0.1, -0.05) is 36.4 Å². The third-order valence-electron chi connectivity index (χ3n) is 4.21. The number of amides is 2. The van der Waals surface area contributed by atoms with Crippen molar-refractivity contribution in [1.82, 2.24) is 10.5 Å². The van der Waals surface area contributed by atoms with Gasteiger partial charge >= 0.3 is 0 Å². The predicted octanol–water partition coefficient (Wildman–Crippen LogP) is 1.92. The standard InChI is InChI=1S/C18H20N4O2/c1-12-7-3-4-8-14(12)13(2)22-16-10-6-5-9-15(16)18(24)21(20-22)11-17(19)23/h3-10,13,20H,11H2,1-2H3,(H2,19,23). The Morgan fingerprint density at radius 3 is 2.54 bits per heavy atom. The van der Waals surface area contributed by atoms with Crippen LogP contribution in [0, 0.1) is 6.92 Å². The van der Waals surface area contributed by atoms with Gasteiger partial charge in [0.15, 0.2) is 0 Å². The summed E-state index contributed by atoms with van der Waals surface area (Å²) in [5, 5.41) is 3.14. The number of primary amides is 1. The van der Waals surface area contributed by atoms with E-state index in [1.807, 2.05) is 49.2 Å². The van der Waals surface area contributed by atoms with E-state index in [1.54, 1.807) is 12.1 Å². The van der Waals surface area contributed by atoms with Crippen molar-refractivity contribution in [2.75, 3.05) is 11.6 Å². The molecule has 124 valence electrons. The Labute approximate surface area is 140 Å². The van der Waals surface area contributed by atoms with Crippen molar-refractivity contribution in [3.63, 3.8) is 0 Å². The molecule has 24 heavy (non-hydrogen) atoms. The van der Waals surface area contributed by atoms with Gasteiger partial charge in [0.1, 0.15) is 6.54 Å². The van der Waals surface area contributed by atoms with E-state index >= 15 is 0 Å². The summed E-state index contributed by atoms with van der Waals surface area (Å²) in [6.45, 7) is 3.91. The molecule has 1 aliphatic heterocycles. The number of hydrogen-bond donors (Lipinski definition) is 2. The zero-order valence-corrected chi connectivity index (χ0v) is 13.7. The Hall–Kier alpha value is -2.86. The van der Waals surface area contributed by atoms with Crippen LogP contribution in [0.4, 0.5) is 5.69 Å². The first-order chi connectivity index (χ1) is 11.5. The summed E-state index contributed by atoms with van der Waals surface area (Å²) in [6.07, 6.45) is 0. The molecule has 0 saturated heterocycles. The smallest absolute Gasteiger partial charge is 0.272 e. The van der Waals surface area contributed by atoms with Gasteiger partial charge in [0, 0.05) is 0 Å². The van der Waals surface area contributed by atoms with E-state index in [0.29, 0.717) is 5.56 Å². The van der Waals surface area contributed by atoms with Crippen LogP contribution in [-0.4, -0.2) is 23.4 Å². The molecule has 3 N–H and O–H groups in total. The Morgan fingerprint density at radius 2 is 1.83 bits per heavy atom. The summed E-state index contributed by atoms with van der Waals surface area (Å²) < 4.78 is 0.